The molecular weight excluding hydrogens is 419 g/mol. The van der Waals surface area contributed by atoms with Crippen LogP contribution in [0.3, 0.4) is 0 Å². The summed E-state index contributed by atoms with van der Waals surface area (Å²) in [5.74, 6) is 0.0334. The highest BCUT2D eigenvalue weighted by atomic mass is 19.1. The number of nitrogens with one attached hydrogen (secondary N) is 1. The zero-order valence-corrected chi connectivity index (χ0v) is 19.0. The number of likely N-dealkylation sites (N-methyl/N-ethyl adjacent to an activating group) is 2. The van der Waals surface area contributed by atoms with E-state index in [1.165, 1.54) is 19.2 Å². The summed E-state index contributed by atoms with van der Waals surface area (Å²) in [5, 5.41) is 14.7. The molecule has 3 aromatic rings. The maximum absolute atomic E-state index is 13.8. The maximum atomic E-state index is 13.8. The Morgan fingerprint density at radius 3 is 2.52 bits per heavy atom. The molecule has 4 rings (SSSR count). The van der Waals surface area contributed by atoms with E-state index in [0.29, 0.717) is 11.3 Å². The normalized spacial score (nSPS) is 14.5. The van der Waals surface area contributed by atoms with Gasteiger partial charge in [0.1, 0.15) is 23.7 Å². The first kappa shape index (κ1) is 22.7. The largest absolute Gasteiger partial charge is 0.495 e. The van der Waals surface area contributed by atoms with Gasteiger partial charge in [-0.3, -0.25) is 9.69 Å². The second-order valence-corrected chi connectivity index (χ2v) is 8.39. The van der Waals surface area contributed by atoms with E-state index in [9.17, 15) is 14.4 Å². The molecule has 0 bridgehead atoms. The number of halogens is 1. The average molecular weight is 447 g/mol. The van der Waals surface area contributed by atoms with Crippen LogP contribution < -0.4 is 10.1 Å². The minimum Gasteiger partial charge on any atom is -0.495 e. The molecular formula is C26H27FN4O2. The molecule has 1 aliphatic heterocycles. The quantitative estimate of drug-likeness (QED) is 0.602. The van der Waals surface area contributed by atoms with Gasteiger partial charge in [0, 0.05) is 38.3 Å². The van der Waals surface area contributed by atoms with Gasteiger partial charge in [0.15, 0.2) is 0 Å². The lowest BCUT2D eigenvalue weighted by Crippen LogP contribution is -2.58. The van der Waals surface area contributed by atoms with Gasteiger partial charge in [0.05, 0.1) is 12.7 Å². The number of fused-ring (bicyclic) bond motifs is 1. The molecule has 1 aliphatic rings. The number of hydrogen-bond donors (Lipinski definition) is 1. The Labute approximate surface area is 193 Å². The number of hydrogen-bond acceptors (Lipinski definition) is 5. The predicted molar refractivity (Wildman–Crippen MR) is 125 cm³/mol. The molecule has 1 heterocycles. The van der Waals surface area contributed by atoms with E-state index in [-0.39, 0.29) is 24.3 Å². The summed E-state index contributed by atoms with van der Waals surface area (Å²) in [5.41, 5.74) is 1.96. The third-order valence-electron chi connectivity index (χ3n) is 6.36. The van der Waals surface area contributed by atoms with Crippen molar-refractivity contribution in [3.05, 3.63) is 77.1 Å². The Bertz CT molecular complexity index is 1200. The summed E-state index contributed by atoms with van der Waals surface area (Å²) in [7, 11) is 5.21. The highest BCUT2D eigenvalue weighted by Gasteiger charge is 2.35. The van der Waals surface area contributed by atoms with Gasteiger partial charge in [-0.15, -0.1) is 0 Å². The number of ether oxygens (including phenoxy) is 1. The van der Waals surface area contributed by atoms with Crippen LogP contribution in [0.5, 0.6) is 5.75 Å². The summed E-state index contributed by atoms with van der Waals surface area (Å²) in [6, 6.07) is 17.5. The average Bonchev–Trinajstić information content (AvgIpc) is 2.78. The zero-order chi connectivity index (χ0) is 23.5. The number of nitriles is 1. The van der Waals surface area contributed by atoms with Crippen molar-refractivity contribution in [2.24, 2.45) is 0 Å². The van der Waals surface area contributed by atoms with Crippen LogP contribution in [0.4, 0.5) is 4.39 Å². The van der Waals surface area contributed by atoms with Crippen molar-refractivity contribution in [2.45, 2.75) is 18.6 Å². The maximum Gasteiger partial charge on any atom is 0.244 e. The third-order valence-corrected chi connectivity index (χ3v) is 6.36. The molecule has 0 spiro atoms. The predicted octanol–water partition coefficient (Wildman–Crippen LogP) is 3.46. The van der Waals surface area contributed by atoms with Crippen LogP contribution in [0.15, 0.2) is 54.6 Å². The molecule has 0 aromatic heterocycles. The first-order valence-electron chi connectivity index (χ1n) is 10.9. The molecule has 0 aliphatic carbocycles. The van der Waals surface area contributed by atoms with Gasteiger partial charge in [-0.2, -0.15) is 5.26 Å². The van der Waals surface area contributed by atoms with Crippen molar-refractivity contribution in [3.8, 4) is 11.8 Å². The Morgan fingerprint density at radius 2 is 1.91 bits per heavy atom. The van der Waals surface area contributed by atoms with E-state index in [0.717, 1.165) is 35.0 Å². The van der Waals surface area contributed by atoms with Crippen LogP contribution in [0.25, 0.3) is 10.8 Å². The molecule has 1 saturated heterocycles. The second-order valence-electron chi connectivity index (χ2n) is 8.39. The van der Waals surface area contributed by atoms with Crippen LogP contribution in [0.1, 0.15) is 22.7 Å². The van der Waals surface area contributed by atoms with Gasteiger partial charge in [0.25, 0.3) is 0 Å². The number of amides is 1. The lowest BCUT2D eigenvalue weighted by molar-refractivity contribution is -0.137. The summed E-state index contributed by atoms with van der Waals surface area (Å²) < 4.78 is 19.2. The first-order valence-corrected chi connectivity index (χ1v) is 10.9. The molecule has 3 aromatic carbocycles. The highest BCUT2D eigenvalue weighted by Crippen LogP contribution is 2.34. The van der Waals surface area contributed by atoms with E-state index in [1.807, 2.05) is 36.2 Å². The van der Waals surface area contributed by atoms with Crippen LogP contribution in [0, 0.1) is 17.1 Å². The van der Waals surface area contributed by atoms with Gasteiger partial charge in [-0.1, -0.05) is 36.4 Å². The van der Waals surface area contributed by atoms with Crippen LogP contribution >= 0.6 is 0 Å². The van der Waals surface area contributed by atoms with E-state index in [2.05, 4.69) is 11.4 Å². The van der Waals surface area contributed by atoms with Crippen molar-refractivity contribution >= 4 is 16.7 Å². The van der Waals surface area contributed by atoms with Crippen LogP contribution in [0.2, 0.25) is 0 Å². The van der Waals surface area contributed by atoms with Crippen LogP contribution in [-0.4, -0.2) is 56.0 Å². The Morgan fingerprint density at radius 1 is 1.21 bits per heavy atom. The lowest BCUT2D eigenvalue weighted by Gasteiger charge is -2.41. The van der Waals surface area contributed by atoms with E-state index >= 15 is 0 Å². The Hall–Kier alpha value is -3.47. The number of rotatable bonds is 7. The lowest BCUT2D eigenvalue weighted by atomic mass is 9.97. The van der Waals surface area contributed by atoms with E-state index in [1.54, 1.807) is 30.1 Å². The van der Waals surface area contributed by atoms with Crippen molar-refractivity contribution in [1.82, 2.24) is 15.1 Å². The van der Waals surface area contributed by atoms with E-state index in [4.69, 9.17) is 4.74 Å². The van der Waals surface area contributed by atoms with Crippen LogP contribution in [-0.2, 0) is 11.3 Å². The van der Waals surface area contributed by atoms with Gasteiger partial charge in [-0.05, 0) is 41.6 Å². The third kappa shape index (κ3) is 4.40. The highest BCUT2D eigenvalue weighted by molar-refractivity contribution is 5.91. The molecule has 1 amide bonds. The molecule has 0 radical (unpaired) electrons. The van der Waals surface area contributed by atoms with Crippen molar-refractivity contribution in [1.29, 1.82) is 5.26 Å². The Balaban J connectivity index is 1.71. The zero-order valence-electron chi connectivity index (χ0n) is 19.0. The SMILES string of the molecule is COc1c(C#N)cc2ccccc2c1CN(C)C(=O)C(c1ccc(F)cc1)N(C)C1CNC1. The minimum atomic E-state index is -0.556. The standard InChI is InChI=1S/C26H27FN4O2/c1-30(16-23-22-7-5-4-6-18(22)12-19(13-28)25(23)33-3)26(32)24(31(2)21-14-29-15-21)17-8-10-20(27)11-9-17/h4-12,21,24,29H,14-16H2,1-3H3. The number of carbonyl (C=O) groups excluding carboxylic acids is 1. The topological polar surface area (TPSA) is 68.6 Å². The van der Waals surface area contributed by atoms with Crippen molar-refractivity contribution < 1.29 is 13.9 Å². The monoisotopic (exact) mass is 446 g/mol. The fourth-order valence-corrected chi connectivity index (χ4v) is 4.37. The molecule has 1 atom stereocenters. The first-order chi connectivity index (χ1) is 15.9. The minimum absolute atomic E-state index is 0.107. The van der Waals surface area contributed by atoms with Crippen molar-refractivity contribution in [3.63, 3.8) is 0 Å². The summed E-state index contributed by atoms with van der Waals surface area (Å²) >= 11 is 0. The smallest absolute Gasteiger partial charge is 0.244 e. The van der Waals surface area contributed by atoms with Crippen molar-refractivity contribution in [2.75, 3.05) is 34.3 Å². The molecule has 33 heavy (non-hydrogen) atoms. The molecule has 170 valence electrons. The molecule has 1 unspecified atom stereocenters. The van der Waals surface area contributed by atoms with Gasteiger partial charge in [0.2, 0.25) is 5.91 Å². The van der Waals surface area contributed by atoms with Gasteiger partial charge < -0.3 is 15.0 Å². The Kier molecular flexibility index (Phi) is 6.59. The van der Waals surface area contributed by atoms with E-state index < -0.39 is 6.04 Å². The molecule has 1 N–H and O–H groups in total. The number of benzene rings is 3. The van der Waals surface area contributed by atoms with Gasteiger partial charge in [-0.25, -0.2) is 4.39 Å². The molecule has 1 fully saturated rings. The van der Waals surface area contributed by atoms with Gasteiger partial charge >= 0.3 is 0 Å². The fourth-order valence-electron chi connectivity index (χ4n) is 4.37. The second kappa shape index (κ2) is 9.57. The number of carbonyl (C=O) groups is 1. The summed E-state index contributed by atoms with van der Waals surface area (Å²) in [6.45, 7) is 1.87. The number of methoxy groups -OCH3 is 1. The fraction of sp³-hybridized carbons (Fsp3) is 0.308. The molecule has 6 nitrogen and oxygen atoms in total. The molecule has 7 heteroatoms. The summed E-state index contributed by atoms with van der Waals surface area (Å²) in [6.07, 6.45) is 0. The number of nitrogens with zero attached hydrogens (tertiary/aromatic N) is 3. The summed E-state index contributed by atoms with van der Waals surface area (Å²) in [4.78, 5) is 17.5. The molecule has 0 saturated carbocycles.